The van der Waals surface area contributed by atoms with Crippen molar-refractivity contribution in [2.45, 2.75) is 121 Å². The van der Waals surface area contributed by atoms with E-state index < -0.39 is 30.2 Å². The van der Waals surface area contributed by atoms with Gasteiger partial charge >= 0.3 is 11.7 Å². The van der Waals surface area contributed by atoms with Crippen LogP contribution in [0.2, 0.25) is 0 Å². The van der Waals surface area contributed by atoms with Crippen LogP contribution in [-0.4, -0.2) is 50.7 Å². The average molecular weight is 608 g/mol. The summed E-state index contributed by atoms with van der Waals surface area (Å²) in [6.07, 6.45) is 13.0. The number of rotatable bonds is 17. The van der Waals surface area contributed by atoms with Crippen LogP contribution >= 0.6 is 22.6 Å². The Hall–Kier alpha value is -1.24. The van der Waals surface area contributed by atoms with E-state index in [9.17, 15) is 19.8 Å². The van der Waals surface area contributed by atoms with Gasteiger partial charge < -0.3 is 25.4 Å². The molecule has 10 heteroatoms. The number of nitrogens with zero attached hydrogens (tertiary/aromatic N) is 2. The Kier molecular flexibility index (Phi) is 14.1. The largest absolute Gasteiger partial charge is 0.463 e. The van der Waals surface area contributed by atoms with E-state index >= 15 is 0 Å². The van der Waals surface area contributed by atoms with Gasteiger partial charge in [0.15, 0.2) is 6.23 Å². The number of carbonyl (C=O) groups is 1. The number of anilines is 1. The summed E-state index contributed by atoms with van der Waals surface area (Å²) in [4.78, 5) is 27.9. The molecule has 0 spiro atoms. The van der Waals surface area contributed by atoms with Crippen molar-refractivity contribution in [3.05, 3.63) is 20.3 Å². The number of aliphatic hydroxyl groups excluding tert-OH is 2. The van der Waals surface area contributed by atoms with Crippen LogP contribution in [0, 0.1) is 3.57 Å². The number of aliphatic hydroxyl groups is 2. The summed E-state index contributed by atoms with van der Waals surface area (Å²) in [5.74, 6) is -0.277. The number of nitrogens with two attached hydrogens (primary N) is 1. The number of unbranched alkanes of at least 4 members (excludes halogenated alkanes) is 12. The van der Waals surface area contributed by atoms with Crippen LogP contribution in [0.4, 0.5) is 5.82 Å². The zero-order valence-corrected chi connectivity index (χ0v) is 23.0. The summed E-state index contributed by atoms with van der Waals surface area (Å²) in [5, 5.41) is 20.6. The molecule has 1 aliphatic rings. The number of hydrogen-bond acceptors (Lipinski definition) is 8. The van der Waals surface area contributed by atoms with Gasteiger partial charge in [0.05, 0.1) is 3.57 Å². The van der Waals surface area contributed by atoms with Crippen LogP contribution in [0.5, 0.6) is 0 Å². The molecule has 1 saturated heterocycles. The summed E-state index contributed by atoms with van der Waals surface area (Å²) in [7, 11) is 0. The van der Waals surface area contributed by atoms with E-state index in [1.165, 1.54) is 70.4 Å². The molecular formula is C25H42IN3O6. The van der Waals surface area contributed by atoms with Crippen LogP contribution in [0.25, 0.3) is 0 Å². The molecule has 2 heterocycles. The molecule has 0 radical (unpaired) electrons. The van der Waals surface area contributed by atoms with Crippen LogP contribution < -0.4 is 11.4 Å². The fourth-order valence-electron chi connectivity index (χ4n) is 4.27. The average Bonchev–Trinajstić information content (AvgIpc) is 3.11. The summed E-state index contributed by atoms with van der Waals surface area (Å²) in [6, 6.07) is 0. The molecule has 2 rings (SSSR count). The third-order valence-electron chi connectivity index (χ3n) is 6.44. The smallest absolute Gasteiger partial charge is 0.351 e. The lowest BCUT2D eigenvalue weighted by atomic mass is 10.0. The summed E-state index contributed by atoms with van der Waals surface area (Å²) in [5.41, 5.74) is 4.93. The third-order valence-corrected chi connectivity index (χ3v) is 7.27. The Labute approximate surface area is 221 Å². The molecule has 0 bridgehead atoms. The van der Waals surface area contributed by atoms with Crippen molar-refractivity contribution in [3.8, 4) is 0 Å². The minimum absolute atomic E-state index is 0.0820. The van der Waals surface area contributed by atoms with E-state index in [2.05, 4.69) is 11.9 Å². The summed E-state index contributed by atoms with van der Waals surface area (Å²) >= 11 is 1.91. The fraction of sp³-hybridized carbons (Fsp3) is 0.800. The first-order valence-electron chi connectivity index (χ1n) is 13.1. The quantitative estimate of drug-likeness (QED) is 0.137. The predicted molar refractivity (Wildman–Crippen MR) is 143 cm³/mol. The van der Waals surface area contributed by atoms with Crippen molar-refractivity contribution in [3.63, 3.8) is 0 Å². The topological polar surface area (TPSA) is 137 Å². The predicted octanol–water partition coefficient (Wildman–Crippen LogP) is 4.07. The van der Waals surface area contributed by atoms with Gasteiger partial charge in [0.25, 0.3) is 0 Å². The van der Waals surface area contributed by atoms with Gasteiger partial charge in [-0.05, 0) is 29.0 Å². The maximum absolute atomic E-state index is 12.1. The fourth-order valence-corrected chi connectivity index (χ4v) is 4.69. The first-order chi connectivity index (χ1) is 16.8. The first kappa shape index (κ1) is 30.0. The second kappa shape index (κ2) is 16.5. The van der Waals surface area contributed by atoms with E-state index in [1.807, 2.05) is 22.6 Å². The van der Waals surface area contributed by atoms with E-state index in [0.717, 1.165) is 23.8 Å². The molecule has 1 aromatic heterocycles. The molecule has 4 atom stereocenters. The second-order valence-corrected chi connectivity index (χ2v) is 10.5. The normalized spacial score (nSPS) is 21.9. The minimum Gasteiger partial charge on any atom is -0.463 e. The highest BCUT2D eigenvalue weighted by Gasteiger charge is 2.44. The Morgan fingerprint density at radius 2 is 1.57 bits per heavy atom. The van der Waals surface area contributed by atoms with Gasteiger partial charge in [0.1, 0.15) is 30.7 Å². The number of carbonyl (C=O) groups excluding carboxylic acids is 1. The van der Waals surface area contributed by atoms with Crippen molar-refractivity contribution >= 4 is 34.4 Å². The Morgan fingerprint density at radius 1 is 1.03 bits per heavy atom. The minimum atomic E-state index is -1.36. The van der Waals surface area contributed by atoms with E-state index in [1.54, 1.807) is 0 Å². The summed E-state index contributed by atoms with van der Waals surface area (Å²) < 4.78 is 12.5. The molecule has 0 amide bonds. The lowest BCUT2D eigenvalue weighted by Crippen LogP contribution is -2.36. The first-order valence-corrected chi connectivity index (χ1v) is 14.1. The number of hydrogen-bond donors (Lipinski definition) is 3. The lowest BCUT2D eigenvalue weighted by Gasteiger charge is -2.17. The molecule has 200 valence electrons. The molecule has 0 aromatic carbocycles. The zero-order valence-electron chi connectivity index (χ0n) is 20.9. The lowest BCUT2D eigenvalue weighted by molar-refractivity contribution is -0.150. The van der Waals surface area contributed by atoms with Gasteiger partial charge in [0.2, 0.25) is 0 Å². The van der Waals surface area contributed by atoms with Crippen LogP contribution in [0.15, 0.2) is 11.0 Å². The second-order valence-electron chi connectivity index (χ2n) is 9.39. The molecule has 0 saturated carbocycles. The maximum Gasteiger partial charge on any atom is 0.351 e. The van der Waals surface area contributed by atoms with Gasteiger partial charge in [-0.15, -0.1) is 0 Å². The third kappa shape index (κ3) is 10.3. The SMILES string of the molecule is CCCCCCCCCCCCCCCC(=O)OC[C@H]1O[C@@H](n2cc(I)c(N)nc2=O)[C@@H](O)[C@@H]1O. The molecular weight excluding hydrogens is 565 g/mol. The molecule has 1 aromatic rings. The number of aromatic nitrogens is 2. The van der Waals surface area contributed by atoms with E-state index in [4.69, 9.17) is 15.2 Å². The van der Waals surface area contributed by atoms with E-state index in [-0.39, 0.29) is 18.4 Å². The highest BCUT2D eigenvalue weighted by molar-refractivity contribution is 14.1. The molecule has 9 nitrogen and oxygen atoms in total. The van der Waals surface area contributed by atoms with Crippen LogP contribution in [-0.2, 0) is 14.3 Å². The maximum atomic E-state index is 12.1. The van der Waals surface area contributed by atoms with Crippen LogP contribution in [0.3, 0.4) is 0 Å². The molecule has 1 aliphatic heterocycles. The van der Waals surface area contributed by atoms with Crippen molar-refractivity contribution < 1.29 is 24.5 Å². The van der Waals surface area contributed by atoms with Gasteiger partial charge in [-0.2, -0.15) is 4.98 Å². The van der Waals surface area contributed by atoms with Gasteiger partial charge in [-0.25, -0.2) is 4.79 Å². The Balaban J connectivity index is 1.56. The number of ether oxygens (including phenoxy) is 2. The standard InChI is InChI=1S/C25H42IN3O6/c1-2-3-4-5-6-7-8-9-10-11-12-13-14-15-20(30)34-17-19-21(31)22(32)24(35-19)29-16-18(26)23(27)28-25(29)33/h16,19,21-22,24,31-32H,2-15,17H2,1H3,(H2,27,28,33)/t19-,21-,22+,24-/m1/s1. The number of nitrogen functional groups attached to an aromatic ring is 1. The molecule has 0 unspecified atom stereocenters. The zero-order chi connectivity index (χ0) is 25.6. The highest BCUT2D eigenvalue weighted by Crippen LogP contribution is 2.29. The van der Waals surface area contributed by atoms with Crippen molar-refractivity contribution in [2.24, 2.45) is 0 Å². The van der Waals surface area contributed by atoms with Gasteiger partial charge in [0, 0.05) is 12.6 Å². The van der Waals surface area contributed by atoms with Crippen molar-refractivity contribution in [1.29, 1.82) is 0 Å². The monoisotopic (exact) mass is 607 g/mol. The molecule has 1 fully saturated rings. The van der Waals surface area contributed by atoms with E-state index in [0.29, 0.717) is 9.99 Å². The molecule has 4 N–H and O–H groups in total. The van der Waals surface area contributed by atoms with Crippen molar-refractivity contribution in [1.82, 2.24) is 9.55 Å². The van der Waals surface area contributed by atoms with Gasteiger partial charge in [-0.1, -0.05) is 84.0 Å². The molecule has 35 heavy (non-hydrogen) atoms. The van der Waals surface area contributed by atoms with Gasteiger partial charge in [-0.3, -0.25) is 9.36 Å². The Bertz CT molecular complexity index is 821. The highest BCUT2D eigenvalue weighted by atomic mass is 127. The van der Waals surface area contributed by atoms with Crippen molar-refractivity contribution in [2.75, 3.05) is 12.3 Å². The summed E-state index contributed by atoms with van der Waals surface area (Å²) in [6.45, 7) is 2.05. The Morgan fingerprint density at radius 3 is 2.14 bits per heavy atom. The van der Waals surface area contributed by atoms with Crippen LogP contribution in [0.1, 0.15) is 103 Å². The number of halogens is 1. The molecule has 0 aliphatic carbocycles. The number of esters is 1.